The molecule has 1 aromatic heterocycles. The summed E-state index contributed by atoms with van der Waals surface area (Å²) < 4.78 is 5.49. The molecular formula is C12H12Cl2N4O. The molecule has 1 aromatic carbocycles. The first-order valence-electron chi connectivity index (χ1n) is 5.51. The SMILES string of the molecule is CN(C)c1nc(Cl)nc(OCc2cccc(Cl)c2)n1. The van der Waals surface area contributed by atoms with Crippen molar-refractivity contribution >= 4 is 29.2 Å². The van der Waals surface area contributed by atoms with Gasteiger partial charge in [-0.15, -0.1) is 0 Å². The number of ether oxygens (including phenoxy) is 1. The van der Waals surface area contributed by atoms with Gasteiger partial charge in [0.25, 0.3) is 0 Å². The second-order valence-corrected chi connectivity index (χ2v) is 4.77. The molecule has 0 aliphatic rings. The van der Waals surface area contributed by atoms with Gasteiger partial charge in [-0.25, -0.2) is 0 Å². The molecule has 7 heteroatoms. The first-order chi connectivity index (χ1) is 9.04. The van der Waals surface area contributed by atoms with Crippen LogP contribution in [0.25, 0.3) is 0 Å². The van der Waals surface area contributed by atoms with Gasteiger partial charge in [0, 0.05) is 19.1 Å². The zero-order chi connectivity index (χ0) is 13.8. The molecule has 0 unspecified atom stereocenters. The van der Waals surface area contributed by atoms with Gasteiger partial charge in [-0.3, -0.25) is 0 Å². The van der Waals surface area contributed by atoms with E-state index in [0.717, 1.165) is 5.56 Å². The molecule has 0 fully saturated rings. The molecule has 1 heterocycles. The monoisotopic (exact) mass is 298 g/mol. The van der Waals surface area contributed by atoms with Crippen LogP contribution in [0.5, 0.6) is 6.01 Å². The number of hydrogen-bond acceptors (Lipinski definition) is 5. The van der Waals surface area contributed by atoms with E-state index in [2.05, 4.69) is 15.0 Å². The van der Waals surface area contributed by atoms with Crippen LogP contribution in [0.2, 0.25) is 10.3 Å². The van der Waals surface area contributed by atoms with E-state index < -0.39 is 0 Å². The Morgan fingerprint density at radius 3 is 2.63 bits per heavy atom. The average molecular weight is 299 g/mol. The summed E-state index contributed by atoms with van der Waals surface area (Å²) in [6, 6.07) is 7.56. The Hall–Kier alpha value is -1.59. The lowest BCUT2D eigenvalue weighted by Crippen LogP contribution is -2.14. The lowest BCUT2D eigenvalue weighted by atomic mass is 10.2. The van der Waals surface area contributed by atoms with Crippen LogP contribution in [-0.4, -0.2) is 29.0 Å². The van der Waals surface area contributed by atoms with Gasteiger partial charge in [0.15, 0.2) is 0 Å². The molecule has 2 aromatic rings. The predicted molar refractivity (Wildman–Crippen MR) is 74.9 cm³/mol. The van der Waals surface area contributed by atoms with E-state index in [1.54, 1.807) is 11.0 Å². The van der Waals surface area contributed by atoms with Crippen molar-refractivity contribution in [2.24, 2.45) is 0 Å². The Balaban J connectivity index is 2.11. The number of anilines is 1. The van der Waals surface area contributed by atoms with Crippen molar-refractivity contribution in [1.29, 1.82) is 0 Å². The largest absolute Gasteiger partial charge is 0.458 e. The van der Waals surface area contributed by atoms with Crippen molar-refractivity contribution in [1.82, 2.24) is 15.0 Å². The molecule has 5 nitrogen and oxygen atoms in total. The normalized spacial score (nSPS) is 10.3. The zero-order valence-corrected chi connectivity index (χ0v) is 12.0. The molecule has 0 aliphatic heterocycles. The summed E-state index contributed by atoms with van der Waals surface area (Å²) in [5.74, 6) is 0.445. The minimum atomic E-state index is 0.0970. The second-order valence-electron chi connectivity index (χ2n) is 4.00. The quantitative estimate of drug-likeness (QED) is 0.869. The number of aromatic nitrogens is 3. The van der Waals surface area contributed by atoms with Crippen LogP contribution in [-0.2, 0) is 6.61 Å². The van der Waals surface area contributed by atoms with Crippen LogP contribution in [0, 0.1) is 0 Å². The number of benzene rings is 1. The molecule has 0 saturated heterocycles. The van der Waals surface area contributed by atoms with Gasteiger partial charge in [-0.2, -0.15) is 15.0 Å². The third-order valence-electron chi connectivity index (χ3n) is 2.23. The fraction of sp³-hybridized carbons (Fsp3) is 0.250. The highest BCUT2D eigenvalue weighted by atomic mass is 35.5. The third kappa shape index (κ3) is 3.94. The molecule has 0 aliphatic carbocycles. The Kier molecular flexibility index (Phi) is 4.39. The molecule has 0 bridgehead atoms. The molecule has 100 valence electrons. The smallest absolute Gasteiger partial charge is 0.322 e. The molecule has 0 spiro atoms. The van der Waals surface area contributed by atoms with E-state index in [-0.39, 0.29) is 11.3 Å². The highest BCUT2D eigenvalue weighted by molar-refractivity contribution is 6.30. The molecule has 0 atom stereocenters. The average Bonchev–Trinajstić information content (AvgIpc) is 2.36. The molecule has 0 N–H and O–H groups in total. The van der Waals surface area contributed by atoms with E-state index in [1.165, 1.54) is 0 Å². The summed E-state index contributed by atoms with van der Waals surface area (Å²) in [7, 11) is 3.62. The van der Waals surface area contributed by atoms with Crippen LogP contribution in [0.4, 0.5) is 5.95 Å². The van der Waals surface area contributed by atoms with Gasteiger partial charge in [0.2, 0.25) is 11.2 Å². The summed E-state index contributed by atoms with van der Waals surface area (Å²) in [6.07, 6.45) is 0. The van der Waals surface area contributed by atoms with Crippen molar-refractivity contribution in [3.8, 4) is 6.01 Å². The summed E-state index contributed by atoms with van der Waals surface area (Å²) >= 11 is 11.7. The standard InChI is InChI=1S/C12H12Cl2N4O/c1-18(2)11-15-10(14)16-12(17-11)19-7-8-4-3-5-9(13)6-8/h3-6H,7H2,1-2H3. The summed E-state index contributed by atoms with van der Waals surface area (Å²) in [5, 5.41) is 0.753. The Bertz CT molecular complexity index is 577. The minimum absolute atomic E-state index is 0.0970. The van der Waals surface area contributed by atoms with Crippen LogP contribution in [0.15, 0.2) is 24.3 Å². The lowest BCUT2D eigenvalue weighted by molar-refractivity contribution is 0.280. The molecule has 0 saturated carbocycles. The van der Waals surface area contributed by atoms with Crippen molar-refractivity contribution in [3.05, 3.63) is 40.1 Å². The van der Waals surface area contributed by atoms with E-state index in [0.29, 0.717) is 17.6 Å². The van der Waals surface area contributed by atoms with Gasteiger partial charge in [0.1, 0.15) is 6.61 Å². The van der Waals surface area contributed by atoms with Gasteiger partial charge in [-0.05, 0) is 29.3 Å². The first-order valence-corrected chi connectivity index (χ1v) is 6.26. The molecular weight excluding hydrogens is 287 g/mol. The third-order valence-corrected chi connectivity index (χ3v) is 2.64. The fourth-order valence-electron chi connectivity index (χ4n) is 1.36. The number of rotatable bonds is 4. The summed E-state index contributed by atoms with van der Waals surface area (Å²) in [4.78, 5) is 13.7. The number of hydrogen-bond donors (Lipinski definition) is 0. The highest BCUT2D eigenvalue weighted by Crippen LogP contribution is 2.16. The highest BCUT2D eigenvalue weighted by Gasteiger charge is 2.08. The maximum atomic E-state index is 5.89. The van der Waals surface area contributed by atoms with Crippen LogP contribution in [0.3, 0.4) is 0 Å². The predicted octanol–water partition coefficient (Wildman–Crippen LogP) is 2.82. The van der Waals surface area contributed by atoms with Gasteiger partial charge in [0.05, 0.1) is 0 Å². The Morgan fingerprint density at radius 1 is 1.16 bits per heavy atom. The van der Waals surface area contributed by atoms with Crippen LogP contribution in [0.1, 0.15) is 5.56 Å². The summed E-state index contributed by atoms with van der Waals surface area (Å²) in [5.41, 5.74) is 0.926. The zero-order valence-electron chi connectivity index (χ0n) is 10.5. The van der Waals surface area contributed by atoms with Crippen molar-refractivity contribution in [2.75, 3.05) is 19.0 Å². The molecule has 0 radical (unpaired) electrons. The fourth-order valence-corrected chi connectivity index (χ4v) is 1.72. The first kappa shape index (κ1) is 13.8. The number of nitrogens with zero attached hydrogens (tertiary/aromatic N) is 4. The molecule has 2 rings (SSSR count). The van der Waals surface area contributed by atoms with Crippen LogP contribution >= 0.6 is 23.2 Å². The van der Waals surface area contributed by atoms with Crippen molar-refractivity contribution in [3.63, 3.8) is 0 Å². The van der Waals surface area contributed by atoms with Crippen LogP contribution < -0.4 is 9.64 Å². The second kappa shape index (κ2) is 6.04. The maximum absolute atomic E-state index is 5.89. The molecule has 19 heavy (non-hydrogen) atoms. The van der Waals surface area contributed by atoms with E-state index in [1.807, 2.05) is 32.3 Å². The Morgan fingerprint density at radius 2 is 1.95 bits per heavy atom. The Labute approximate surface area is 121 Å². The lowest BCUT2D eigenvalue weighted by Gasteiger charge is -2.11. The van der Waals surface area contributed by atoms with Gasteiger partial charge >= 0.3 is 6.01 Å². The topological polar surface area (TPSA) is 51.1 Å². The van der Waals surface area contributed by atoms with E-state index in [4.69, 9.17) is 27.9 Å². The van der Waals surface area contributed by atoms with E-state index >= 15 is 0 Å². The number of halogens is 2. The van der Waals surface area contributed by atoms with E-state index in [9.17, 15) is 0 Å². The summed E-state index contributed by atoms with van der Waals surface area (Å²) in [6.45, 7) is 0.313. The maximum Gasteiger partial charge on any atom is 0.322 e. The van der Waals surface area contributed by atoms with Crippen molar-refractivity contribution in [2.45, 2.75) is 6.61 Å². The van der Waals surface area contributed by atoms with Gasteiger partial charge < -0.3 is 9.64 Å². The molecule has 0 amide bonds. The minimum Gasteiger partial charge on any atom is -0.458 e. The van der Waals surface area contributed by atoms with Gasteiger partial charge in [-0.1, -0.05) is 23.7 Å². The van der Waals surface area contributed by atoms with Crippen molar-refractivity contribution < 1.29 is 4.74 Å².